The number of rotatable bonds is 10. The molecule has 0 atom stereocenters. The summed E-state index contributed by atoms with van der Waals surface area (Å²) in [5.41, 5.74) is 0. The van der Waals surface area contributed by atoms with E-state index in [2.05, 4.69) is 22.5 Å². The highest BCUT2D eigenvalue weighted by atomic mass is 16.5. The van der Waals surface area contributed by atoms with Crippen molar-refractivity contribution in [2.24, 2.45) is 4.99 Å². The molecular weight excluding hydrogens is 268 g/mol. The first kappa shape index (κ1) is 17.8. The summed E-state index contributed by atoms with van der Waals surface area (Å²) < 4.78 is 5.30. The van der Waals surface area contributed by atoms with Crippen LogP contribution >= 0.6 is 0 Å². The van der Waals surface area contributed by atoms with Crippen LogP contribution in [0.4, 0.5) is 0 Å². The second-order valence-electron chi connectivity index (χ2n) is 5.08. The highest BCUT2D eigenvalue weighted by Gasteiger charge is 2.18. The molecule has 6 heteroatoms. The minimum atomic E-state index is 0.292. The number of nitrogens with one attached hydrogen (secondary N) is 2. The second kappa shape index (κ2) is 11.4. The first-order chi connectivity index (χ1) is 10.3. The summed E-state index contributed by atoms with van der Waals surface area (Å²) in [6, 6.07) is 0. The van der Waals surface area contributed by atoms with Gasteiger partial charge in [-0.15, -0.1) is 0 Å². The fraction of sp³-hybridized carbons (Fsp3) is 0.867. The van der Waals surface area contributed by atoms with E-state index in [-0.39, 0.29) is 0 Å². The Morgan fingerprint density at radius 2 is 2.19 bits per heavy atom. The van der Waals surface area contributed by atoms with Crippen molar-refractivity contribution >= 4 is 11.9 Å². The molecule has 21 heavy (non-hydrogen) atoms. The van der Waals surface area contributed by atoms with Gasteiger partial charge in [0.25, 0.3) is 0 Å². The third-order valence-corrected chi connectivity index (χ3v) is 3.33. The van der Waals surface area contributed by atoms with Gasteiger partial charge in [-0.25, -0.2) is 0 Å². The van der Waals surface area contributed by atoms with Crippen LogP contribution in [0, 0.1) is 0 Å². The lowest BCUT2D eigenvalue weighted by atomic mass is 10.4. The number of hydrogen-bond donors (Lipinski definition) is 2. The van der Waals surface area contributed by atoms with E-state index in [1.807, 2.05) is 11.8 Å². The van der Waals surface area contributed by atoms with Gasteiger partial charge in [0, 0.05) is 52.4 Å². The second-order valence-corrected chi connectivity index (χ2v) is 5.08. The molecule has 1 heterocycles. The van der Waals surface area contributed by atoms with E-state index in [1.54, 1.807) is 0 Å². The molecule has 1 aliphatic heterocycles. The number of carbonyl (C=O) groups excluding carboxylic acids is 1. The van der Waals surface area contributed by atoms with E-state index in [9.17, 15) is 4.79 Å². The fourth-order valence-corrected chi connectivity index (χ4v) is 2.26. The Bertz CT molecular complexity index is 321. The molecule has 0 bridgehead atoms. The lowest BCUT2D eigenvalue weighted by molar-refractivity contribution is -0.127. The molecule has 1 amide bonds. The van der Waals surface area contributed by atoms with Crippen molar-refractivity contribution in [3.8, 4) is 0 Å². The molecule has 0 aromatic carbocycles. The summed E-state index contributed by atoms with van der Waals surface area (Å²) in [4.78, 5) is 18.0. The SMILES string of the molecule is CCNC(=NCCCN1CCCC1=O)NCCCOCC. The summed E-state index contributed by atoms with van der Waals surface area (Å²) in [7, 11) is 0. The fourth-order valence-electron chi connectivity index (χ4n) is 2.26. The van der Waals surface area contributed by atoms with Gasteiger partial charge in [-0.05, 0) is 33.1 Å². The Hall–Kier alpha value is -1.30. The molecule has 1 rings (SSSR count). The average molecular weight is 298 g/mol. The van der Waals surface area contributed by atoms with Crippen molar-refractivity contribution in [3.63, 3.8) is 0 Å². The number of amides is 1. The number of ether oxygens (including phenoxy) is 1. The standard InChI is InChI=1S/C15H30N4O2/c1-3-16-15(18-10-7-13-21-4-2)17-9-6-12-19-11-5-8-14(19)20/h3-13H2,1-2H3,(H2,16,17,18). The summed E-state index contributed by atoms with van der Waals surface area (Å²) in [6.45, 7) is 9.79. The predicted molar refractivity (Wildman–Crippen MR) is 85.5 cm³/mol. The highest BCUT2D eigenvalue weighted by Crippen LogP contribution is 2.09. The van der Waals surface area contributed by atoms with Gasteiger partial charge in [0.2, 0.25) is 5.91 Å². The molecule has 0 aromatic rings. The molecule has 0 spiro atoms. The van der Waals surface area contributed by atoms with Crippen molar-refractivity contribution in [3.05, 3.63) is 0 Å². The van der Waals surface area contributed by atoms with E-state index in [0.29, 0.717) is 12.3 Å². The molecule has 0 saturated carbocycles. The van der Waals surface area contributed by atoms with Crippen LogP contribution in [0.1, 0.15) is 39.5 Å². The van der Waals surface area contributed by atoms with Crippen molar-refractivity contribution < 1.29 is 9.53 Å². The molecular formula is C15H30N4O2. The number of nitrogens with zero attached hydrogens (tertiary/aromatic N) is 2. The number of hydrogen-bond acceptors (Lipinski definition) is 3. The molecule has 0 aromatic heterocycles. The largest absolute Gasteiger partial charge is 0.382 e. The van der Waals surface area contributed by atoms with Gasteiger partial charge in [0.15, 0.2) is 5.96 Å². The van der Waals surface area contributed by atoms with Crippen molar-refractivity contribution in [1.29, 1.82) is 0 Å². The van der Waals surface area contributed by atoms with Gasteiger partial charge < -0.3 is 20.3 Å². The maximum Gasteiger partial charge on any atom is 0.222 e. The van der Waals surface area contributed by atoms with Crippen LogP contribution in [0.5, 0.6) is 0 Å². The maximum atomic E-state index is 11.5. The Kier molecular flexibility index (Phi) is 9.61. The lowest BCUT2D eigenvalue weighted by Crippen LogP contribution is -2.38. The van der Waals surface area contributed by atoms with E-state index in [4.69, 9.17) is 4.74 Å². The van der Waals surface area contributed by atoms with Gasteiger partial charge >= 0.3 is 0 Å². The zero-order valence-corrected chi connectivity index (χ0v) is 13.5. The monoisotopic (exact) mass is 298 g/mol. The van der Waals surface area contributed by atoms with Gasteiger partial charge in [0.1, 0.15) is 0 Å². The van der Waals surface area contributed by atoms with Crippen LogP contribution in [0.25, 0.3) is 0 Å². The number of likely N-dealkylation sites (tertiary alicyclic amines) is 1. The Morgan fingerprint density at radius 3 is 2.86 bits per heavy atom. The molecule has 6 nitrogen and oxygen atoms in total. The predicted octanol–water partition coefficient (Wildman–Crippen LogP) is 0.981. The molecule has 1 saturated heterocycles. The third kappa shape index (κ3) is 7.90. The van der Waals surface area contributed by atoms with E-state index < -0.39 is 0 Å². The van der Waals surface area contributed by atoms with E-state index >= 15 is 0 Å². The van der Waals surface area contributed by atoms with Crippen LogP contribution in [-0.2, 0) is 9.53 Å². The molecule has 0 unspecified atom stereocenters. The Morgan fingerprint density at radius 1 is 1.33 bits per heavy atom. The third-order valence-electron chi connectivity index (χ3n) is 3.33. The van der Waals surface area contributed by atoms with Crippen LogP contribution in [0.2, 0.25) is 0 Å². The van der Waals surface area contributed by atoms with E-state index in [0.717, 1.165) is 71.2 Å². The van der Waals surface area contributed by atoms with Crippen LogP contribution in [0.3, 0.4) is 0 Å². The van der Waals surface area contributed by atoms with Gasteiger partial charge in [-0.3, -0.25) is 9.79 Å². The van der Waals surface area contributed by atoms with Crippen molar-refractivity contribution in [2.45, 2.75) is 39.5 Å². The lowest BCUT2D eigenvalue weighted by Gasteiger charge is -2.15. The molecule has 0 radical (unpaired) electrons. The van der Waals surface area contributed by atoms with Crippen LogP contribution in [0.15, 0.2) is 4.99 Å². The zero-order valence-electron chi connectivity index (χ0n) is 13.5. The normalized spacial score (nSPS) is 15.6. The first-order valence-electron chi connectivity index (χ1n) is 8.15. The molecule has 0 aliphatic carbocycles. The Labute approximate surface area is 128 Å². The van der Waals surface area contributed by atoms with Crippen molar-refractivity contribution in [2.75, 3.05) is 45.9 Å². The van der Waals surface area contributed by atoms with E-state index in [1.165, 1.54) is 0 Å². The zero-order chi connectivity index (χ0) is 15.3. The first-order valence-corrected chi connectivity index (χ1v) is 8.15. The van der Waals surface area contributed by atoms with Crippen molar-refractivity contribution in [1.82, 2.24) is 15.5 Å². The maximum absolute atomic E-state index is 11.5. The number of guanidine groups is 1. The van der Waals surface area contributed by atoms with Gasteiger partial charge in [-0.1, -0.05) is 0 Å². The molecule has 122 valence electrons. The molecule has 2 N–H and O–H groups in total. The van der Waals surface area contributed by atoms with Gasteiger partial charge in [-0.2, -0.15) is 0 Å². The number of carbonyl (C=O) groups is 1. The number of aliphatic imine (C=N–C) groups is 1. The molecule has 1 fully saturated rings. The van der Waals surface area contributed by atoms with Gasteiger partial charge in [0.05, 0.1) is 0 Å². The average Bonchev–Trinajstić information content (AvgIpc) is 2.88. The highest BCUT2D eigenvalue weighted by molar-refractivity contribution is 5.79. The molecule has 1 aliphatic rings. The van der Waals surface area contributed by atoms with Crippen LogP contribution < -0.4 is 10.6 Å². The minimum absolute atomic E-state index is 0.292. The summed E-state index contributed by atoms with van der Waals surface area (Å²) in [6.07, 6.45) is 3.61. The minimum Gasteiger partial charge on any atom is -0.382 e. The smallest absolute Gasteiger partial charge is 0.222 e. The topological polar surface area (TPSA) is 66.0 Å². The summed E-state index contributed by atoms with van der Waals surface area (Å²) in [5, 5.41) is 6.52. The Balaban J connectivity index is 2.16. The summed E-state index contributed by atoms with van der Waals surface area (Å²) in [5.74, 6) is 1.14. The summed E-state index contributed by atoms with van der Waals surface area (Å²) >= 11 is 0. The quantitative estimate of drug-likeness (QED) is 0.358. The van der Waals surface area contributed by atoms with Crippen LogP contribution in [-0.4, -0.2) is 62.7 Å².